The van der Waals surface area contributed by atoms with E-state index < -0.39 is 0 Å². The molecule has 5 heterocycles. The number of benzene rings is 1. The maximum atomic E-state index is 15.2. The number of carbonyl (C=O) groups excluding carboxylic acids is 1. The Balaban J connectivity index is 1.28. The van der Waals surface area contributed by atoms with Crippen molar-refractivity contribution < 1.29 is 19.0 Å². The SMILES string of the molecule is Cc1c(-c2cc3cc(Nc4cc5n(n4)CC(=O)N(C(C)CO)CC5)ncc3cc2F)cnc2c1NCCO2. The molecule has 1 aromatic carbocycles. The largest absolute Gasteiger partial charge is 0.474 e. The topological polar surface area (TPSA) is 117 Å². The van der Waals surface area contributed by atoms with Gasteiger partial charge in [0.25, 0.3) is 0 Å². The Labute approximate surface area is 218 Å². The Morgan fingerprint density at radius 1 is 1.16 bits per heavy atom. The number of rotatable bonds is 5. The third kappa shape index (κ3) is 4.28. The molecular formula is C27H28FN7O3. The lowest BCUT2D eigenvalue weighted by molar-refractivity contribution is -0.134. The fourth-order valence-electron chi connectivity index (χ4n) is 5.06. The number of anilines is 3. The number of nitrogens with zero attached hydrogens (tertiary/aromatic N) is 5. The average molecular weight is 518 g/mol. The first kappa shape index (κ1) is 24.1. The molecule has 1 unspecified atom stereocenters. The summed E-state index contributed by atoms with van der Waals surface area (Å²) >= 11 is 0. The summed E-state index contributed by atoms with van der Waals surface area (Å²) in [6.45, 7) is 5.53. The third-order valence-electron chi connectivity index (χ3n) is 7.17. The van der Waals surface area contributed by atoms with Crippen molar-refractivity contribution >= 4 is 34.0 Å². The Morgan fingerprint density at radius 2 is 2.03 bits per heavy atom. The van der Waals surface area contributed by atoms with Gasteiger partial charge in [0.05, 0.1) is 12.6 Å². The van der Waals surface area contributed by atoms with E-state index in [-0.39, 0.29) is 30.9 Å². The lowest BCUT2D eigenvalue weighted by atomic mass is 9.98. The highest BCUT2D eigenvalue weighted by atomic mass is 19.1. The van der Waals surface area contributed by atoms with E-state index >= 15 is 4.39 Å². The number of aromatic nitrogens is 4. The summed E-state index contributed by atoms with van der Waals surface area (Å²) in [6, 6.07) is 6.80. The smallest absolute Gasteiger partial charge is 0.244 e. The van der Waals surface area contributed by atoms with Gasteiger partial charge in [-0.25, -0.2) is 14.4 Å². The maximum absolute atomic E-state index is 15.2. The molecule has 0 saturated heterocycles. The first-order valence-electron chi connectivity index (χ1n) is 12.6. The second-order valence-electron chi connectivity index (χ2n) is 9.67. The van der Waals surface area contributed by atoms with Crippen molar-refractivity contribution in [1.29, 1.82) is 0 Å². The van der Waals surface area contributed by atoms with E-state index in [1.54, 1.807) is 28.0 Å². The van der Waals surface area contributed by atoms with Crippen molar-refractivity contribution in [3.63, 3.8) is 0 Å². The summed E-state index contributed by atoms with van der Waals surface area (Å²) in [6.07, 6.45) is 3.90. The van der Waals surface area contributed by atoms with Crippen molar-refractivity contribution in [1.82, 2.24) is 24.6 Å². The number of aliphatic hydroxyl groups is 1. The van der Waals surface area contributed by atoms with E-state index in [1.165, 1.54) is 6.07 Å². The van der Waals surface area contributed by atoms with Crippen LogP contribution in [0.15, 0.2) is 36.7 Å². The molecule has 4 aromatic rings. The minimum Gasteiger partial charge on any atom is -0.474 e. The van der Waals surface area contributed by atoms with Crippen LogP contribution < -0.4 is 15.4 Å². The molecule has 0 bridgehead atoms. The maximum Gasteiger partial charge on any atom is 0.244 e. The summed E-state index contributed by atoms with van der Waals surface area (Å²) in [5, 5.41) is 22.0. The highest BCUT2D eigenvalue weighted by Crippen LogP contribution is 2.37. The van der Waals surface area contributed by atoms with Crippen molar-refractivity contribution in [2.45, 2.75) is 32.9 Å². The van der Waals surface area contributed by atoms with E-state index in [9.17, 15) is 9.90 Å². The molecule has 1 amide bonds. The Bertz CT molecular complexity index is 1550. The number of fused-ring (bicyclic) bond motifs is 3. The molecule has 3 aromatic heterocycles. The molecule has 11 heteroatoms. The van der Waals surface area contributed by atoms with Crippen LogP contribution >= 0.6 is 0 Å². The van der Waals surface area contributed by atoms with Gasteiger partial charge >= 0.3 is 0 Å². The second-order valence-corrected chi connectivity index (χ2v) is 9.67. The Morgan fingerprint density at radius 3 is 2.87 bits per heavy atom. The number of hydrogen-bond acceptors (Lipinski definition) is 8. The summed E-state index contributed by atoms with van der Waals surface area (Å²) < 4.78 is 22.5. The quantitative estimate of drug-likeness (QED) is 0.369. The molecule has 0 fully saturated rings. The number of ether oxygens (including phenoxy) is 1. The van der Waals surface area contributed by atoms with Crippen molar-refractivity contribution in [3.8, 4) is 17.0 Å². The van der Waals surface area contributed by atoms with Gasteiger partial charge < -0.3 is 25.4 Å². The van der Waals surface area contributed by atoms with Crippen LogP contribution in [0.5, 0.6) is 5.88 Å². The number of pyridine rings is 2. The molecule has 38 heavy (non-hydrogen) atoms. The summed E-state index contributed by atoms with van der Waals surface area (Å²) in [4.78, 5) is 23.2. The van der Waals surface area contributed by atoms with Crippen LogP contribution in [0.25, 0.3) is 21.9 Å². The predicted octanol–water partition coefficient (Wildman–Crippen LogP) is 3.25. The molecule has 10 nitrogen and oxygen atoms in total. The number of carbonyl (C=O) groups is 1. The Hall–Kier alpha value is -4.25. The van der Waals surface area contributed by atoms with Gasteiger partial charge in [-0.1, -0.05) is 0 Å². The van der Waals surface area contributed by atoms with Gasteiger partial charge in [-0.2, -0.15) is 5.10 Å². The molecule has 2 aliphatic rings. The van der Waals surface area contributed by atoms with Crippen molar-refractivity contribution in [2.24, 2.45) is 0 Å². The number of hydrogen-bond donors (Lipinski definition) is 3. The zero-order valence-corrected chi connectivity index (χ0v) is 21.2. The van der Waals surface area contributed by atoms with E-state index in [2.05, 4.69) is 25.7 Å². The molecule has 0 radical (unpaired) electrons. The number of nitrogens with one attached hydrogen (secondary N) is 2. The van der Waals surface area contributed by atoms with Crippen molar-refractivity contribution in [3.05, 3.63) is 53.7 Å². The van der Waals surface area contributed by atoms with Crippen LogP contribution in [0.4, 0.5) is 21.7 Å². The van der Waals surface area contributed by atoms with Gasteiger partial charge in [0, 0.05) is 60.2 Å². The van der Waals surface area contributed by atoms with E-state index in [1.807, 2.05) is 26.0 Å². The average Bonchev–Trinajstić information content (AvgIpc) is 3.21. The summed E-state index contributed by atoms with van der Waals surface area (Å²) in [7, 11) is 0. The lowest BCUT2D eigenvalue weighted by Crippen LogP contribution is -2.42. The van der Waals surface area contributed by atoms with Crippen LogP contribution in [0, 0.1) is 12.7 Å². The summed E-state index contributed by atoms with van der Waals surface area (Å²) in [5.74, 6) is 1.23. The number of aliphatic hydroxyl groups excluding tert-OH is 1. The monoisotopic (exact) mass is 517 g/mol. The fraction of sp³-hybridized carbons (Fsp3) is 0.333. The standard InChI is InChI=1S/C27H28FN7O3/c1-15(14-36)34-5-3-19-10-24(33-35(19)13-25(34)37)32-23-9-17-7-20(22(28)8-18(17)11-30-23)21-12-31-27-26(16(21)2)29-4-6-38-27/h7-12,15,29,36H,3-6,13-14H2,1-2H3,(H,30,32,33). The van der Waals surface area contributed by atoms with Crippen LogP contribution in [0.3, 0.4) is 0 Å². The molecule has 0 spiro atoms. The predicted molar refractivity (Wildman–Crippen MR) is 141 cm³/mol. The molecule has 1 atom stereocenters. The van der Waals surface area contributed by atoms with Crippen molar-refractivity contribution in [2.75, 3.05) is 36.9 Å². The molecule has 196 valence electrons. The molecule has 0 saturated carbocycles. The zero-order valence-electron chi connectivity index (χ0n) is 21.2. The first-order valence-corrected chi connectivity index (χ1v) is 12.6. The van der Waals surface area contributed by atoms with Gasteiger partial charge in [-0.05, 0) is 43.0 Å². The number of amides is 1. The minimum atomic E-state index is -0.353. The van der Waals surface area contributed by atoms with Gasteiger partial charge in [0.2, 0.25) is 11.8 Å². The first-order chi connectivity index (χ1) is 18.4. The highest BCUT2D eigenvalue weighted by molar-refractivity contribution is 5.90. The molecule has 3 N–H and O–H groups in total. The molecule has 6 rings (SSSR count). The summed E-state index contributed by atoms with van der Waals surface area (Å²) in [5.41, 5.74) is 3.73. The normalized spacial score (nSPS) is 15.8. The van der Waals surface area contributed by atoms with Gasteiger partial charge in [0.15, 0.2) is 5.82 Å². The van der Waals surface area contributed by atoms with E-state index in [0.29, 0.717) is 60.1 Å². The Kier molecular flexibility index (Phi) is 6.07. The van der Waals surface area contributed by atoms with Crippen LogP contribution in [0.2, 0.25) is 0 Å². The van der Waals surface area contributed by atoms with Crippen LogP contribution in [-0.4, -0.2) is 68.0 Å². The lowest BCUT2D eigenvalue weighted by Gasteiger charge is -2.25. The zero-order chi connectivity index (χ0) is 26.4. The molecule has 2 aliphatic heterocycles. The fourth-order valence-corrected chi connectivity index (χ4v) is 5.06. The van der Waals surface area contributed by atoms with E-state index in [4.69, 9.17) is 4.74 Å². The third-order valence-corrected chi connectivity index (χ3v) is 7.17. The number of halogens is 1. The van der Waals surface area contributed by atoms with E-state index in [0.717, 1.165) is 22.3 Å². The molecular weight excluding hydrogens is 489 g/mol. The molecule has 0 aliphatic carbocycles. The highest BCUT2D eigenvalue weighted by Gasteiger charge is 2.25. The van der Waals surface area contributed by atoms with Gasteiger partial charge in [0.1, 0.15) is 30.5 Å². The minimum absolute atomic E-state index is 0.0754. The van der Waals surface area contributed by atoms with Crippen LogP contribution in [-0.2, 0) is 17.8 Å². The van der Waals surface area contributed by atoms with Gasteiger partial charge in [-0.3, -0.25) is 9.48 Å². The van der Waals surface area contributed by atoms with Gasteiger partial charge in [-0.15, -0.1) is 0 Å². The van der Waals surface area contributed by atoms with Crippen LogP contribution in [0.1, 0.15) is 18.2 Å². The second kappa shape index (κ2) is 9.56.